The van der Waals surface area contributed by atoms with Gasteiger partial charge < -0.3 is 14.4 Å². The summed E-state index contributed by atoms with van der Waals surface area (Å²) in [6.07, 6.45) is 2.86. The van der Waals surface area contributed by atoms with Crippen molar-refractivity contribution in [2.75, 3.05) is 19.8 Å². The van der Waals surface area contributed by atoms with E-state index in [0.29, 0.717) is 18.9 Å². The number of hydrogen-bond donors (Lipinski definition) is 0. The number of aromatic nitrogens is 1. The van der Waals surface area contributed by atoms with Crippen LogP contribution in [0, 0.1) is 6.92 Å². The molecule has 1 amide bonds. The Hall–Kier alpha value is -2.08. The molecule has 5 nitrogen and oxygen atoms in total. The highest BCUT2D eigenvalue weighted by Gasteiger charge is 2.32. The van der Waals surface area contributed by atoms with Gasteiger partial charge in [0.25, 0.3) is 5.91 Å². The van der Waals surface area contributed by atoms with Crippen molar-refractivity contribution in [2.45, 2.75) is 32.2 Å². The lowest BCUT2D eigenvalue weighted by molar-refractivity contribution is 0.0730. The van der Waals surface area contributed by atoms with Crippen LogP contribution in [0.5, 0.6) is 11.5 Å². The third kappa shape index (κ3) is 2.86. The number of thiazole rings is 1. The van der Waals surface area contributed by atoms with Crippen LogP contribution in [0.15, 0.2) is 23.6 Å². The first-order valence-electron chi connectivity index (χ1n) is 8.35. The Bertz CT molecular complexity index is 758. The monoisotopic (exact) mass is 344 g/mol. The van der Waals surface area contributed by atoms with Gasteiger partial charge in [0.2, 0.25) is 0 Å². The normalized spacial score (nSPS) is 20.0. The molecule has 2 aliphatic heterocycles. The summed E-state index contributed by atoms with van der Waals surface area (Å²) in [5.41, 5.74) is 1.66. The van der Waals surface area contributed by atoms with Crippen LogP contribution < -0.4 is 9.47 Å². The maximum Gasteiger partial charge on any atom is 0.273 e. The lowest BCUT2D eigenvalue weighted by atomic mass is 10.0. The van der Waals surface area contributed by atoms with Crippen molar-refractivity contribution in [3.05, 3.63) is 39.8 Å². The first-order chi connectivity index (χ1) is 11.7. The number of fused-ring (bicyclic) bond motifs is 1. The van der Waals surface area contributed by atoms with Gasteiger partial charge in [-0.2, -0.15) is 0 Å². The van der Waals surface area contributed by atoms with E-state index in [1.165, 1.54) is 11.3 Å². The molecule has 1 aromatic heterocycles. The molecule has 0 aliphatic carbocycles. The molecule has 0 N–H and O–H groups in total. The van der Waals surface area contributed by atoms with Gasteiger partial charge in [-0.25, -0.2) is 4.98 Å². The molecule has 0 radical (unpaired) electrons. The molecule has 0 saturated carbocycles. The molecule has 1 saturated heterocycles. The Morgan fingerprint density at radius 2 is 2.08 bits per heavy atom. The van der Waals surface area contributed by atoms with E-state index < -0.39 is 0 Å². The molecule has 1 aromatic carbocycles. The zero-order chi connectivity index (χ0) is 16.5. The molecule has 24 heavy (non-hydrogen) atoms. The minimum Gasteiger partial charge on any atom is -0.490 e. The van der Waals surface area contributed by atoms with Gasteiger partial charge in [-0.15, -0.1) is 11.3 Å². The Kier molecular flexibility index (Phi) is 4.14. The maximum absolute atomic E-state index is 12.8. The van der Waals surface area contributed by atoms with Crippen LogP contribution in [0.3, 0.4) is 0 Å². The molecular weight excluding hydrogens is 324 g/mol. The minimum atomic E-state index is 0.0222. The third-order valence-corrected chi connectivity index (χ3v) is 5.28. The zero-order valence-corrected chi connectivity index (χ0v) is 14.5. The SMILES string of the molecule is Cc1nc(C(=O)N2CCC[C@@H]2c2ccc3c(c2)OCCCO3)cs1. The third-order valence-electron chi connectivity index (χ3n) is 4.51. The van der Waals surface area contributed by atoms with Crippen molar-refractivity contribution in [1.29, 1.82) is 0 Å². The number of benzene rings is 1. The molecule has 2 aromatic rings. The van der Waals surface area contributed by atoms with Crippen LogP contribution in [-0.2, 0) is 0 Å². The Morgan fingerprint density at radius 1 is 1.25 bits per heavy atom. The average molecular weight is 344 g/mol. The van der Waals surface area contributed by atoms with Gasteiger partial charge in [-0.3, -0.25) is 4.79 Å². The van der Waals surface area contributed by atoms with Gasteiger partial charge in [0.15, 0.2) is 11.5 Å². The van der Waals surface area contributed by atoms with Crippen LogP contribution in [0.2, 0.25) is 0 Å². The highest BCUT2D eigenvalue weighted by molar-refractivity contribution is 7.09. The summed E-state index contributed by atoms with van der Waals surface area (Å²) in [6, 6.07) is 6.13. The Morgan fingerprint density at radius 3 is 2.88 bits per heavy atom. The lowest BCUT2D eigenvalue weighted by Gasteiger charge is -2.25. The number of nitrogens with zero attached hydrogens (tertiary/aromatic N) is 2. The highest BCUT2D eigenvalue weighted by Crippen LogP contribution is 2.38. The summed E-state index contributed by atoms with van der Waals surface area (Å²) in [7, 11) is 0. The molecule has 6 heteroatoms. The number of aryl methyl sites for hydroxylation is 1. The number of amides is 1. The summed E-state index contributed by atoms with van der Waals surface area (Å²) < 4.78 is 11.5. The number of carbonyl (C=O) groups excluding carboxylic acids is 1. The van der Waals surface area contributed by atoms with Crippen LogP contribution >= 0.6 is 11.3 Å². The van der Waals surface area contributed by atoms with Crippen LogP contribution in [0.4, 0.5) is 0 Å². The Labute approximate surface area is 145 Å². The predicted octanol–water partition coefficient (Wildman–Crippen LogP) is 3.59. The molecule has 0 unspecified atom stereocenters. The summed E-state index contributed by atoms with van der Waals surface area (Å²) >= 11 is 1.51. The van der Waals surface area contributed by atoms with E-state index in [2.05, 4.69) is 11.1 Å². The Balaban J connectivity index is 1.61. The van der Waals surface area contributed by atoms with E-state index in [0.717, 1.165) is 47.9 Å². The van der Waals surface area contributed by atoms with E-state index in [1.54, 1.807) is 0 Å². The molecule has 126 valence electrons. The van der Waals surface area contributed by atoms with E-state index in [1.807, 2.05) is 29.3 Å². The van der Waals surface area contributed by atoms with Crippen molar-refractivity contribution < 1.29 is 14.3 Å². The quantitative estimate of drug-likeness (QED) is 0.835. The first kappa shape index (κ1) is 15.4. The second-order valence-corrected chi connectivity index (χ2v) is 7.23. The molecule has 1 atom stereocenters. The van der Waals surface area contributed by atoms with E-state index in [-0.39, 0.29) is 11.9 Å². The van der Waals surface area contributed by atoms with Crippen molar-refractivity contribution in [1.82, 2.24) is 9.88 Å². The predicted molar refractivity (Wildman–Crippen MR) is 91.9 cm³/mol. The fourth-order valence-electron chi connectivity index (χ4n) is 3.35. The van der Waals surface area contributed by atoms with Crippen LogP contribution in [0.25, 0.3) is 0 Å². The van der Waals surface area contributed by atoms with Crippen molar-refractivity contribution in [3.8, 4) is 11.5 Å². The second-order valence-electron chi connectivity index (χ2n) is 6.16. The summed E-state index contributed by atoms with van der Waals surface area (Å²) in [4.78, 5) is 19.1. The van der Waals surface area contributed by atoms with E-state index in [4.69, 9.17) is 9.47 Å². The van der Waals surface area contributed by atoms with Crippen molar-refractivity contribution >= 4 is 17.2 Å². The molecular formula is C18H20N2O3S. The number of likely N-dealkylation sites (tertiary alicyclic amines) is 1. The molecule has 2 aliphatic rings. The fraction of sp³-hybridized carbons (Fsp3) is 0.444. The van der Waals surface area contributed by atoms with Gasteiger partial charge in [-0.05, 0) is 37.5 Å². The zero-order valence-electron chi connectivity index (χ0n) is 13.7. The largest absolute Gasteiger partial charge is 0.490 e. The minimum absolute atomic E-state index is 0.0222. The number of carbonyl (C=O) groups is 1. The van der Waals surface area contributed by atoms with Gasteiger partial charge in [-0.1, -0.05) is 6.07 Å². The smallest absolute Gasteiger partial charge is 0.273 e. The standard InChI is InChI=1S/C18H20N2O3S/c1-12-19-14(11-24-12)18(21)20-7-2-4-15(20)13-5-6-16-17(10-13)23-9-3-8-22-16/h5-6,10-11,15H,2-4,7-9H2,1H3/t15-/m1/s1. The average Bonchev–Trinajstić information content (AvgIpc) is 3.18. The highest BCUT2D eigenvalue weighted by atomic mass is 32.1. The molecule has 0 spiro atoms. The topological polar surface area (TPSA) is 51.7 Å². The van der Waals surface area contributed by atoms with Gasteiger partial charge in [0.05, 0.1) is 24.3 Å². The van der Waals surface area contributed by atoms with Crippen molar-refractivity contribution in [3.63, 3.8) is 0 Å². The molecule has 1 fully saturated rings. The first-order valence-corrected chi connectivity index (χ1v) is 9.23. The van der Waals surface area contributed by atoms with E-state index in [9.17, 15) is 4.79 Å². The van der Waals surface area contributed by atoms with Gasteiger partial charge in [0, 0.05) is 18.3 Å². The molecule has 3 heterocycles. The van der Waals surface area contributed by atoms with E-state index >= 15 is 0 Å². The lowest BCUT2D eigenvalue weighted by Crippen LogP contribution is -2.30. The van der Waals surface area contributed by atoms with Crippen LogP contribution in [0.1, 0.15) is 46.4 Å². The molecule has 0 bridgehead atoms. The summed E-state index contributed by atoms with van der Waals surface area (Å²) in [5, 5.41) is 2.77. The second kappa shape index (κ2) is 6.43. The maximum atomic E-state index is 12.8. The van der Waals surface area contributed by atoms with Gasteiger partial charge in [0.1, 0.15) is 5.69 Å². The number of hydrogen-bond acceptors (Lipinski definition) is 5. The van der Waals surface area contributed by atoms with Crippen LogP contribution in [-0.4, -0.2) is 35.5 Å². The summed E-state index contributed by atoms with van der Waals surface area (Å²) in [5.74, 6) is 1.60. The molecule has 4 rings (SSSR count). The van der Waals surface area contributed by atoms with Crippen molar-refractivity contribution in [2.24, 2.45) is 0 Å². The number of rotatable bonds is 2. The fourth-order valence-corrected chi connectivity index (χ4v) is 3.94. The van der Waals surface area contributed by atoms with Gasteiger partial charge >= 0.3 is 0 Å². The summed E-state index contributed by atoms with van der Waals surface area (Å²) in [6.45, 7) is 4.05. The number of ether oxygens (including phenoxy) is 2.